The number of hydrogen-bond acceptors (Lipinski definition) is 4. The second kappa shape index (κ2) is 4.91. The van der Waals surface area contributed by atoms with Crippen molar-refractivity contribution in [2.24, 2.45) is 0 Å². The molecule has 5 heteroatoms. The molecule has 0 amide bonds. The molecule has 2 aromatic rings. The molecule has 0 atom stereocenters. The smallest absolute Gasteiger partial charge is 0.215 e. The number of pyridine rings is 1. The van der Waals surface area contributed by atoms with Crippen LogP contribution in [0.15, 0.2) is 30.3 Å². The fourth-order valence-electron chi connectivity index (χ4n) is 1.53. The van der Waals surface area contributed by atoms with Crippen LogP contribution < -0.4 is 15.8 Å². The summed E-state index contributed by atoms with van der Waals surface area (Å²) >= 11 is 0. The van der Waals surface area contributed by atoms with Gasteiger partial charge in [0, 0.05) is 6.07 Å². The lowest BCUT2D eigenvalue weighted by Crippen LogP contribution is -2.02. The Morgan fingerprint density at radius 3 is 2.78 bits per heavy atom. The van der Waals surface area contributed by atoms with Gasteiger partial charge in [-0.2, -0.15) is 4.98 Å². The van der Waals surface area contributed by atoms with Gasteiger partial charge in [0.2, 0.25) is 5.88 Å². The van der Waals surface area contributed by atoms with Gasteiger partial charge in [-0.05, 0) is 30.7 Å². The van der Waals surface area contributed by atoms with Crippen molar-refractivity contribution in [3.8, 4) is 5.88 Å². The minimum atomic E-state index is -0.357. The molecular formula is C13H14FN3O. The van der Waals surface area contributed by atoms with Crippen molar-refractivity contribution in [2.45, 2.75) is 6.92 Å². The van der Waals surface area contributed by atoms with Crippen LogP contribution >= 0.6 is 0 Å². The number of benzene rings is 1. The maximum absolute atomic E-state index is 13.6. The Morgan fingerprint density at radius 1 is 1.28 bits per heavy atom. The largest absolute Gasteiger partial charge is 0.481 e. The van der Waals surface area contributed by atoms with Gasteiger partial charge in [-0.15, -0.1) is 0 Å². The summed E-state index contributed by atoms with van der Waals surface area (Å²) in [6, 6.07) is 8.09. The Morgan fingerprint density at radius 2 is 2.06 bits per heavy atom. The summed E-state index contributed by atoms with van der Waals surface area (Å²) in [5.41, 5.74) is 7.49. The standard InChI is InChI=1S/C13H14FN3O/c1-8-3-4-9(14)11(7-8)16-13-10(15)5-6-12(17-13)18-2/h3-7H,15H2,1-2H3,(H,16,17). The van der Waals surface area contributed by atoms with E-state index in [0.29, 0.717) is 23.1 Å². The van der Waals surface area contributed by atoms with Crippen LogP contribution in [0.3, 0.4) is 0 Å². The average Bonchev–Trinajstić information content (AvgIpc) is 2.36. The number of ether oxygens (including phenoxy) is 1. The Kier molecular flexibility index (Phi) is 3.32. The van der Waals surface area contributed by atoms with Crippen LogP contribution in [0.25, 0.3) is 0 Å². The highest BCUT2D eigenvalue weighted by Crippen LogP contribution is 2.25. The summed E-state index contributed by atoms with van der Waals surface area (Å²) in [6.07, 6.45) is 0. The van der Waals surface area contributed by atoms with Crippen molar-refractivity contribution in [1.82, 2.24) is 4.98 Å². The van der Waals surface area contributed by atoms with Gasteiger partial charge in [-0.1, -0.05) is 6.07 Å². The van der Waals surface area contributed by atoms with Gasteiger partial charge in [-0.25, -0.2) is 4.39 Å². The molecule has 0 radical (unpaired) electrons. The monoisotopic (exact) mass is 247 g/mol. The first-order chi connectivity index (χ1) is 8.60. The van der Waals surface area contributed by atoms with E-state index in [0.717, 1.165) is 5.56 Å². The fraction of sp³-hybridized carbons (Fsp3) is 0.154. The van der Waals surface area contributed by atoms with E-state index in [4.69, 9.17) is 10.5 Å². The Bertz CT molecular complexity index is 572. The van der Waals surface area contributed by atoms with E-state index >= 15 is 0 Å². The number of nitrogens with zero attached hydrogens (tertiary/aromatic N) is 1. The Labute approximate surface area is 105 Å². The second-order valence-electron chi connectivity index (χ2n) is 3.90. The predicted octanol–water partition coefficient (Wildman–Crippen LogP) is 2.86. The first-order valence-corrected chi connectivity index (χ1v) is 5.44. The number of nitrogen functional groups attached to an aromatic ring is 1. The molecule has 0 bridgehead atoms. The molecule has 94 valence electrons. The van der Waals surface area contributed by atoms with E-state index in [9.17, 15) is 4.39 Å². The molecule has 0 unspecified atom stereocenters. The van der Waals surface area contributed by atoms with Gasteiger partial charge < -0.3 is 15.8 Å². The van der Waals surface area contributed by atoms with Gasteiger partial charge in [0.1, 0.15) is 5.82 Å². The average molecular weight is 247 g/mol. The van der Waals surface area contributed by atoms with Gasteiger partial charge in [-0.3, -0.25) is 0 Å². The van der Waals surface area contributed by atoms with E-state index in [-0.39, 0.29) is 5.82 Å². The van der Waals surface area contributed by atoms with Crippen LogP contribution in [0.5, 0.6) is 5.88 Å². The zero-order chi connectivity index (χ0) is 13.1. The summed E-state index contributed by atoms with van der Waals surface area (Å²) in [5, 5.41) is 2.86. The van der Waals surface area contributed by atoms with Crippen molar-refractivity contribution < 1.29 is 9.13 Å². The summed E-state index contributed by atoms with van der Waals surface area (Å²) in [4.78, 5) is 4.13. The normalized spacial score (nSPS) is 10.2. The predicted molar refractivity (Wildman–Crippen MR) is 69.6 cm³/mol. The molecule has 0 aliphatic rings. The lowest BCUT2D eigenvalue weighted by molar-refractivity contribution is 0.398. The SMILES string of the molecule is COc1ccc(N)c(Nc2cc(C)ccc2F)n1. The fourth-order valence-corrected chi connectivity index (χ4v) is 1.53. The molecule has 0 fully saturated rings. The molecular weight excluding hydrogens is 233 g/mol. The van der Waals surface area contributed by atoms with E-state index in [2.05, 4.69) is 10.3 Å². The van der Waals surface area contributed by atoms with Gasteiger partial charge in [0.25, 0.3) is 0 Å². The summed E-state index contributed by atoms with van der Waals surface area (Å²) in [6.45, 7) is 1.88. The molecule has 0 saturated heterocycles. The number of rotatable bonds is 3. The Hall–Kier alpha value is -2.30. The molecule has 2 rings (SSSR count). The molecule has 1 aromatic carbocycles. The van der Waals surface area contributed by atoms with Crippen molar-refractivity contribution in [3.05, 3.63) is 41.7 Å². The number of aryl methyl sites for hydroxylation is 1. The van der Waals surface area contributed by atoms with E-state index in [1.54, 1.807) is 24.3 Å². The number of nitrogens with one attached hydrogen (secondary N) is 1. The molecule has 18 heavy (non-hydrogen) atoms. The topological polar surface area (TPSA) is 60.2 Å². The summed E-state index contributed by atoms with van der Waals surface area (Å²) in [5.74, 6) is 0.434. The number of aromatic nitrogens is 1. The minimum Gasteiger partial charge on any atom is -0.481 e. The Balaban J connectivity index is 2.36. The van der Waals surface area contributed by atoms with E-state index in [1.165, 1.54) is 13.2 Å². The van der Waals surface area contributed by atoms with Crippen LogP contribution in [-0.2, 0) is 0 Å². The van der Waals surface area contributed by atoms with Crippen LogP contribution in [0, 0.1) is 12.7 Å². The number of nitrogens with two attached hydrogens (primary N) is 1. The highest BCUT2D eigenvalue weighted by molar-refractivity contribution is 5.69. The molecule has 3 N–H and O–H groups in total. The number of anilines is 3. The van der Waals surface area contributed by atoms with Crippen molar-refractivity contribution >= 4 is 17.2 Å². The first kappa shape index (κ1) is 12.2. The zero-order valence-electron chi connectivity index (χ0n) is 10.2. The van der Waals surface area contributed by atoms with Crippen LogP contribution in [0.1, 0.15) is 5.56 Å². The third kappa shape index (κ3) is 2.51. The molecule has 0 aliphatic heterocycles. The quantitative estimate of drug-likeness (QED) is 0.875. The lowest BCUT2D eigenvalue weighted by atomic mass is 10.2. The third-order valence-electron chi connectivity index (χ3n) is 2.48. The minimum absolute atomic E-state index is 0.336. The third-order valence-corrected chi connectivity index (χ3v) is 2.48. The lowest BCUT2D eigenvalue weighted by Gasteiger charge is -2.11. The maximum atomic E-state index is 13.6. The molecule has 0 aliphatic carbocycles. The molecule has 4 nitrogen and oxygen atoms in total. The van der Waals surface area contributed by atoms with Crippen molar-refractivity contribution in [2.75, 3.05) is 18.2 Å². The highest BCUT2D eigenvalue weighted by Gasteiger charge is 2.07. The van der Waals surface area contributed by atoms with Gasteiger partial charge in [0.05, 0.1) is 18.5 Å². The van der Waals surface area contributed by atoms with Crippen molar-refractivity contribution in [1.29, 1.82) is 0 Å². The highest BCUT2D eigenvalue weighted by atomic mass is 19.1. The van der Waals surface area contributed by atoms with Crippen LogP contribution in [0.4, 0.5) is 21.6 Å². The van der Waals surface area contributed by atoms with Crippen molar-refractivity contribution in [3.63, 3.8) is 0 Å². The number of halogens is 1. The number of methoxy groups -OCH3 is 1. The number of hydrogen-bond donors (Lipinski definition) is 2. The van der Waals surface area contributed by atoms with E-state index in [1.807, 2.05) is 6.92 Å². The summed E-state index contributed by atoms with van der Waals surface area (Å²) in [7, 11) is 1.51. The maximum Gasteiger partial charge on any atom is 0.215 e. The van der Waals surface area contributed by atoms with Gasteiger partial charge in [0.15, 0.2) is 5.82 Å². The zero-order valence-corrected chi connectivity index (χ0v) is 10.2. The van der Waals surface area contributed by atoms with E-state index < -0.39 is 0 Å². The molecule has 1 heterocycles. The first-order valence-electron chi connectivity index (χ1n) is 5.44. The molecule has 1 aromatic heterocycles. The molecule has 0 saturated carbocycles. The van der Waals surface area contributed by atoms with Crippen LogP contribution in [-0.4, -0.2) is 12.1 Å². The molecule has 0 spiro atoms. The van der Waals surface area contributed by atoms with Crippen LogP contribution in [0.2, 0.25) is 0 Å². The van der Waals surface area contributed by atoms with Gasteiger partial charge >= 0.3 is 0 Å². The summed E-state index contributed by atoms with van der Waals surface area (Å²) < 4.78 is 18.6. The second-order valence-corrected chi connectivity index (χ2v) is 3.90.